The van der Waals surface area contributed by atoms with Crippen molar-refractivity contribution in [3.63, 3.8) is 0 Å². The van der Waals surface area contributed by atoms with Gasteiger partial charge in [0.15, 0.2) is 0 Å². The van der Waals surface area contributed by atoms with E-state index in [4.69, 9.17) is 4.98 Å². The standard InChI is InChI=1S/C23H26N4O/c1-17-9-13-27(14-10-17)15-12-25-23(28)19-16-22(21-8-4-5-11-24-21)26-20-7-3-2-6-18(19)20/h2-8,11,16-17H,9-10,12-15H2,1H3,(H,25,28). The third kappa shape index (κ3) is 4.20. The van der Waals surface area contributed by atoms with E-state index in [1.807, 2.05) is 48.5 Å². The highest BCUT2D eigenvalue weighted by atomic mass is 16.1. The molecule has 1 fully saturated rings. The summed E-state index contributed by atoms with van der Waals surface area (Å²) in [6.07, 6.45) is 4.23. The average Bonchev–Trinajstić information content (AvgIpc) is 2.75. The first-order chi connectivity index (χ1) is 13.7. The largest absolute Gasteiger partial charge is 0.351 e. The maximum Gasteiger partial charge on any atom is 0.252 e. The van der Waals surface area contributed by atoms with E-state index in [9.17, 15) is 4.79 Å². The van der Waals surface area contributed by atoms with E-state index in [0.717, 1.165) is 47.8 Å². The van der Waals surface area contributed by atoms with Crippen molar-refractivity contribution in [1.82, 2.24) is 20.2 Å². The molecule has 28 heavy (non-hydrogen) atoms. The number of fused-ring (bicyclic) bond motifs is 1. The van der Waals surface area contributed by atoms with Gasteiger partial charge in [-0.1, -0.05) is 31.2 Å². The molecule has 5 heteroatoms. The fraction of sp³-hybridized carbons (Fsp3) is 0.348. The first kappa shape index (κ1) is 18.6. The third-order valence-electron chi connectivity index (χ3n) is 5.48. The van der Waals surface area contributed by atoms with E-state index in [-0.39, 0.29) is 5.91 Å². The minimum Gasteiger partial charge on any atom is -0.351 e. The Kier molecular flexibility index (Phi) is 5.63. The van der Waals surface area contributed by atoms with Crippen molar-refractivity contribution >= 4 is 16.8 Å². The van der Waals surface area contributed by atoms with Crippen molar-refractivity contribution in [2.24, 2.45) is 5.92 Å². The van der Waals surface area contributed by atoms with Crippen LogP contribution in [-0.4, -0.2) is 47.0 Å². The van der Waals surface area contributed by atoms with Crippen LogP contribution < -0.4 is 5.32 Å². The molecule has 1 aromatic carbocycles. The van der Waals surface area contributed by atoms with Crippen molar-refractivity contribution in [2.75, 3.05) is 26.2 Å². The van der Waals surface area contributed by atoms with E-state index in [0.29, 0.717) is 12.1 Å². The lowest BCUT2D eigenvalue weighted by atomic mass is 9.99. The summed E-state index contributed by atoms with van der Waals surface area (Å²) >= 11 is 0. The van der Waals surface area contributed by atoms with E-state index < -0.39 is 0 Å². The Balaban J connectivity index is 1.52. The number of piperidine rings is 1. The monoisotopic (exact) mass is 374 g/mol. The molecule has 4 rings (SSSR count). The molecule has 0 atom stereocenters. The second-order valence-corrected chi connectivity index (χ2v) is 7.57. The van der Waals surface area contributed by atoms with Crippen molar-refractivity contribution in [3.8, 4) is 11.4 Å². The van der Waals surface area contributed by atoms with Crippen LogP contribution in [0.25, 0.3) is 22.3 Å². The lowest BCUT2D eigenvalue weighted by Gasteiger charge is -2.30. The first-order valence-electron chi connectivity index (χ1n) is 10.0. The smallest absolute Gasteiger partial charge is 0.252 e. The summed E-state index contributed by atoms with van der Waals surface area (Å²) in [6, 6.07) is 15.3. The number of carbonyl (C=O) groups excluding carboxylic acids is 1. The van der Waals surface area contributed by atoms with E-state index >= 15 is 0 Å². The summed E-state index contributed by atoms with van der Waals surface area (Å²) in [6.45, 7) is 6.11. The number of nitrogens with one attached hydrogen (secondary N) is 1. The van der Waals surface area contributed by atoms with Gasteiger partial charge in [0.1, 0.15) is 0 Å². The maximum atomic E-state index is 13.0. The number of pyridine rings is 2. The van der Waals surface area contributed by atoms with Crippen LogP contribution in [0.2, 0.25) is 0 Å². The van der Waals surface area contributed by atoms with E-state index in [2.05, 4.69) is 22.1 Å². The molecule has 1 N–H and O–H groups in total. The SMILES string of the molecule is CC1CCN(CCNC(=O)c2cc(-c3ccccn3)nc3ccccc23)CC1. The molecule has 0 aliphatic carbocycles. The Morgan fingerprint density at radius 2 is 1.89 bits per heavy atom. The summed E-state index contributed by atoms with van der Waals surface area (Å²) < 4.78 is 0. The van der Waals surface area contributed by atoms with Crippen molar-refractivity contribution in [1.29, 1.82) is 0 Å². The van der Waals surface area contributed by atoms with Crippen molar-refractivity contribution < 1.29 is 4.79 Å². The fourth-order valence-electron chi connectivity index (χ4n) is 3.72. The Morgan fingerprint density at radius 1 is 1.11 bits per heavy atom. The van der Waals surface area contributed by atoms with Crippen LogP contribution in [0.4, 0.5) is 0 Å². The number of hydrogen-bond donors (Lipinski definition) is 1. The van der Waals surface area contributed by atoms with E-state index in [1.54, 1.807) is 6.20 Å². The maximum absolute atomic E-state index is 13.0. The molecule has 0 radical (unpaired) electrons. The second kappa shape index (κ2) is 8.48. The van der Waals surface area contributed by atoms with Gasteiger partial charge >= 0.3 is 0 Å². The van der Waals surface area contributed by atoms with Gasteiger partial charge in [-0.3, -0.25) is 9.78 Å². The van der Waals surface area contributed by atoms with Gasteiger partial charge < -0.3 is 10.2 Å². The molecular formula is C23H26N4O. The summed E-state index contributed by atoms with van der Waals surface area (Å²) in [5.41, 5.74) is 2.94. The Bertz CT molecular complexity index is 949. The molecule has 2 aromatic heterocycles. The number of hydrogen-bond acceptors (Lipinski definition) is 4. The molecule has 1 aliphatic rings. The number of carbonyl (C=O) groups is 1. The number of rotatable bonds is 5. The first-order valence-corrected chi connectivity index (χ1v) is 10.0. The number of aromatic nitrogens is 2. The molecule has 1 saturated heterocycles. The minimum absolute atomic E-state index is 0.0545. The molecule has 3 heterocycles. The molecule has 0 saturated carbocycles. The summed E-state index contributed by atoms with van der Waals surface area (Å²) in [5, 5.41) is 3.97. The number of likely N-dealkylation sites (tertiary alicyclic amines) is 1. The molecule has 0 spiro atoms. The van der Waals surface area contributed by atoms with Gasteiger partial charge in [-0.15, -0.1) is 0 Å². The average molecular weight is 374 g/mol. The summed E-state index contributed by atoms with van der Waals surface area (Å²) in [7, 11) is 0. The molecule has 1 amide bonds. The molecule has 3 aromatic rings. The predicted octanol–water partition coefficient (Wildman–Crippen LogP) is 3.76. The highest BCUT2D eigenvalue weighted by molar-refractivity contribution is 6.07. The lowest BCUT2D eigenvalue weighted by molar-refractivity contribution is 0.0946. The molecular weight excluding hydrogens is 348 g/mol. The van der Waals surface area contributed by atoms with Gasteiger partial charge in [0.05, 0.1) is 22.5 Å². The van der Waals surface area contributed by atoms with Crippen LogP contribution in [0.3, 0.4) is 0 Å². The Labute approximate surface area is 165 Å². The van der Waals surface area contributed by atoms with Crippen LogP contribution >= 0.6 is 0 Å². The third-order valence-corrected chi connectivity index (χ3v) is 5.48. The zero-order valence-corrected chi connectivity index (χ0v) is 16.3. The van der Waals surface area contributed by atoms with Crippen molar-refractivity contribution in [2.45, 2.75) is 19.8 Å². The van der Waals surface area contributed by atoms with Gasteiger partial charge in [-0.2, -0.15) is 0 Å². The zero-order valence-electron chi connectivity index (χ0n) is 16.3. The van der Waals surface area contributed by atoms with Gasteiger partial charge in [-0.25, -0.2) is 4.98 Å². The van der Waals surface area contributed by atoms with Crippen molar-refractivity contribution in [3.05, 3.63) is 60.3 Å². The quantitative estimate of drug-likeness (QED) is 0.739. The summed E-state index contributed by atoms with van der Waals surface area (Å²) in [5.74, 6) is 0.764. The highest BCUT2D eigenvalue weighted by Crippen LogP contribution is 2.23. The number of benzene rings is 1. The predicted molar refractivity (Wildman–Crippen MR) is 112 cm³/mol. The number of nitrogens with zero attached hydrogens (tertiary/aromatic N) is 3. The summed E-state index contributed by atoms with van der Waals surface area (Å²) in [4.78, 5) is 24.5. The Hall–Kier alpha value is -2.79. The van der Waals surface area contributed by atoms with Gasteiger partial charge in [0.25, 0.3) is 5.91 Å². The number of para-hydroxylation sites is 1. The second-order valence-electron chi connectivity index (χ2n) is 7.57. The van der Waals surface area contributed by atoms with E-state index in [1.165, 1.54) is 12.8 Å². The van der Waals surface area contributed by atoms with Crippen LogP contribution in [0.15, 0.2) is 54.7 Å². The zero-order chi connectivity index (χ0) is 19.3. The molecule has 0 bridgehead atoms. The normalized spacial score (nSPS) is 15.6. The molecule has 144 valence electrons. The van der Waals surface area contributed by atoms with Crippen LogP contribution in [0.5, 0.6) is 0 Å². The topological polar surface area (TPSA) is 58.1 Å². The van der Waals surface area contributed by atoms with Gasteiger partial charge in [0.2, 0.25) is 0 Å². The molecule has 1 aliphatic heterocycles. The Morgan fingerprint density at radius 3 is 2.68 bits per heavy atom. The minimum atomic E-state index is -0.0545. The fourth-order valence-corrected chi connectivity index (χ4v) is 3.72. The lowest BCUT2D eigenvalue weighted by Crippen LogP contribution is -2.39. The molecule has 5 nitrogen and oxygen atoms in total. The highest BCUT2D eigenvalue weighted by Gasteiger charge is 2.17. The van der Waals surface area contributed by atoms with Gasteiger partial charge in [0, 0.05) is 24.7 Å². The molecule has 0 unspecified atom stereocenters. The van der Waals surface area contributed by atoms with Crippen LogP contribution in [0.1, 0.15) is 30.1 Å². The number of amides is 1. The van der Waals surface area contributed by atoms with Crippen LogP contribution in [0, 0.1) is 5.92 Å². The van der Waals surface area contributed by atoms with Crippen LogP contribution in [-0.2, 0) is 0 Å². The van der Waals surface area contributed by atoms with Gasteiger partial charge in [-0.05, 0) is 56.1 Å².